The molecule has 5 N–H and O–H groups in total. The summed E-state index contributed by atoms with van der Waals surface area (Å²) in [6.07, 6.45) is 1.46. The Balaban J connectivity index is 4.70. The van der Waals surface area contributed by atoms with Crippen LogP contribution in [0.4, 0.5) is 0 Å². The molecule has 0 aliphatic heterocycles. The van der Waals surface area contributed by atoms with Crippen LogP contribution in [0.15, 0.2) is 0 Å². The standard InChI is InChI=1S/C9H20NO5/c11-3-1-10(2-4-12)5-9(6-13,7-14)8-15/h5,11-15H,1-4,6-8H2/q+1. The van der Waals surface area contributed by atoms with Crippen LogP contribution >= 0.6 is 0 Å². The van der Waals surface area contributed by atoms with Crippen LogP contribution in [0.5, 0.6) is 0 Å². The van der Waals surface area contributed by atoms with E-state index in [1.165, 1.54) is 6.21 Å². The molecule has 0 aliphatic rings. The van der Waals surface area contributed by atoms with Crippen molar-refractivity contribution < 1.29 is 30.1 Å². The van der Waals surface area contributed by atoms with Crippen LogP contribution < -0.4 is 0 Å². The fourth-order valence-corrected chi connectivity index (χ4v) is 1.16. The molecule has 0 saturated carbocycles. The van der Waals surface area contributed by atoms with Gasteiger partial charge in [-0.15, -0.1) is 0 Å². The number of rotatable bonds is 8. The maximum absolute atomic E-state index is 9.06. The Kier molecular flexibility index (Phi) is 7.45. The Morgan fingerprint density at radius 2 is 1.20 bits per heavy atom. The number of hydrogen-bond acceptors (Lipinski definition) is 5. The summed E-state index contributed by atoms with van der Waals surface area (Å²) in [4.78, 5) is 0. The molecule has 0 heterocycles. The number of nitrogens with zero attached hydrogens (tertiary/aromatic N) is 1. The normalized spacial score (nSPS) is 11.5. The van der Waals surface area contributed by atoms with Gasteiger partial charge in [-0.1, -0.05) is 0 Å². The van der Waals surface area contributed by atoms with Gasteiger partial charge in [0.2, 0.25) is 0 Å². The maximum Gasteiger partial charge on any atom is 0.165 e. The van der Waals surface area contributed by atoms with Crippen molar-refractivity contribution in [1.29, 1.82) is 0 Å². The van der Waals surface area contributed by atoms with Crippen molar-refractivity contribution in [1.82, 2.24) is 0 Å². The van der Waals surface area contributed by atoms with Crippen molar-refractivity contribution in [3.8, 4) is 0 Å². The molecule has 6 heteroatoms. The molecule has 0 aromatic rings. The van der Waals surface area contributed by atoms with Gasteiger partial charge in [0.25, 0.3) is 0 Å². The summed E-state index contributed by atoms with van der Waals surface area (Å²) in [6, 6.07) is 0. The van der Waals surface area contributed by atoms with E-state index < -0.39 is 25.2 Å². The summed E-state index contributed by atoms with van der Waals surface area (Å²) in [6.45, 7) is -0.831. The first-order chi connectivity index (χ1) is 7.17. The van der Waals surface area contributed by atoms with Crippen LogP contribution in [-0.2, 0) is 0 Å². The molecule has 0 fully saturated rings. The minimum atomic E-state index is -1.11. The summed E-state index contributed by atoms with van der Waals surface area (Å²) in [5.74, 6) is 0. The minimum absolute atomic E-state index is 0.102. The third kappa shape index (κ3) is 4.67. The summed E-state index contributed by atoms with van der Waals surface area (Å²) in [7, 11) is 0. The van der Waals surface area contributed by atoms with Gasteiger partial charge < -0.3 is 25.5 Å². The van der Waals surface area contributed by atoms with Gasteiger partial charge in [0.1, 0.15) is 18.6 Å². The van der Waals surface area contributed by atoms with E-state index in [1.807, 2.05) is 0 Å². The van der Waals surface area contributed by atoms with Crippen LogP contribution in [0.3, 0.4) is 0 Å². The lowest BCUT2D eigenvalue weighted by molar-refractivity contribution is -0.531. The van der Waals surface area contributed by atoms with E-state index in [0.29, 0.717) is 0 Å². The molecule has 0 atom stereocenters. The lowest BCUT2D eigenvalue weighted by atomic mass is 9.93. The molecule has 15 heavy (non-hydrogen) atoms. The Bertz CT molecular complexity index is 175. The largest absolute Gasteiger partial charge is 0.395 e. The van der Waals surface area contributed by atoms with Gasteiger partial charge in [-0.2, -0.15) is 0 Å². The quantitative estimate of drug-likeness (QED) is 0.223. The van der Waals surface area contributed by atoms with Gasteiger partial charge in [0.15, 0.2) is 19.3 Å². The van der Waals surface area contributed by atoms with E-state index in [9.17, 15) is 0 Å². The lowest BCUT2D eigenvalue weighted by Gasteiger charge is -2.20. The van der Waals surface area contributed by atoms with Crippen LogP contribution in [0.1, 0.15) is 0 Å². The SMILES string of the molecule is OCC[N+](=CC(CO)(CO)CO)CCO. The second kappa shape index (κ2) is 7.72. The second-order valence-corrected chi connectivity index (χ2v) is 3.45. The summed E-state index contributed by atoms with van der Waals surface area (Å²) < 4.78 is 1.56. The van der Waals surface area contributed by atoms with Crippen molar-refractivity contribution in [3.05, 3.63) is 0 Å². The van der Waals surface area contributed by atoms with E-state index in [0.717, 1.165) is 0 Å². The van der Waals surface area contributed by atoms with Crippen molar-refractivity contribution in [2.75, 3.05) is 46.1 Å². The number of hydrogen-bond donors (Lipinski definition) is 5. The van der Waals surface area contributed by atoms with E-state index in [1.54, 1.807) is 4.58 Å². The van der Waals surface area contributed by atoms with Crippen LogP contribution in [0, 0.1) is 5.41 Å². The third-order valence-electron chi connectivity index (χ3n) is 2.18. The third-order valence-corrected chi connectivity index (χ3v) is 2.18. The number of aliphatic hydroxyl groups is 5. The highest BCUT2D eigenvalue weighted by Crippen LogP contribution is 2.10. The molecule has 0 unspecified atom stereocenters. The molecule has 0 saturated heterocycles. The van der Waals surface area contributed by atoms with Gasteiger partial charge in [0, 0.05) is 0 Å². The fraction of sp³-hybridized carbons (Fsp3) is 0.889. The van der Waals surface area contributed by atoms with Gasteiger partial charge in [-0.25, -0.2) is 4.58 Å². The Hall–Kier alpha value is -0.530. The van der Waals surface area contributed by atoms with E-state index in [-0.39, 0.29) is 26.3 Å². The summed E-state index contributed by atoms with van der Waals surface area (Å²) >= 11 is 0. The van der Waals surface area contributed by atoms with Crippen molar-refractivity contribution in [2.24, 2.45) is 5.41 Å². The van der Waals surface area contributed by atoms with Gasteiger partial charge >= 0.3 is 0 Å². The zero-order valence-electron chi connectivity index (χ0n) is 8.71. The monoisotopic (exact) mass is 222 g/mol. The van der Waals surface area contributed by atoms with Crippen molar-refractivity contribution in [2.45, 2.75) is 0 Å². The maximum atomic E-state index is 9.06. The summed E-state index contributed by atoms with van der Waals surface area (Å²) in [5, 5.41) is 44.7. The highest BCUT2D eigenvalue weighted by molar-refractivity contribution is 5.61. The van der Waals surface area contributed by atoms with Gasteiger partial charge in [-0.05, 0) is 0 Å². The molecule has 0 rings (SSSR count). The predicted molar refractivity (Wildman–Crippen MR) is 53.9 cm³/mol. The molecule has 0 bridgehead atoms. The molecule has 0 radical (unpaired) electrons. The molecule has 6 nitrogen and oxygen atoms in total. The van der Waals surface area contributed by atoms with Crippen LogP contribution in [-0.4, -0.2) is 82.4 Å². The highest BCUT2D eigenvalue weighted by Gasteiger charge is 2.30. The second-order valence-electron chi connectivity index (χ2n) is 3.45. The van der Waals surface area contributed by atoms with Crippen molar-refractivity contribution >= 4 is 6.21 Å². The molecule has 0 spiro atoms. The molecule has 0 amide bonds. The Morgan fingerprint density at radius 3 is 1.47 bits per heavy atom. The van der Waals surface area contributed by atoms with Gasteiger partial charge in [0.05, 0.1) is 19.8 Å². The first-order valence-electron chi connectivity index (χ1n) is 4.82. The minimum Gasteiger partial charge on any atom is -0.395 e. The molecule has 0 aromatic heterocycles. The first-order valence-corrected chi connectivity index (χ1v) is 4.82. The lowest BCUT2D eigenvalue weighted by Crippen LogP contribution is -2.40. The molecule has 0 aromatic carbocycles. The molecule has 90 valence electrons. The first kappa shape index (κ1) is 14.5. The predicted octanol–water partition coefficient (Wildman–Crippen LogP) is -2.98. The average Bonchev–Trinajstić information content (AvgIpc) is 2.27. The fourth-order valence-electron chi connectivity index (χ4n) is 1.16. The zero-order chi connectivity index (χ0) is 11.7. The van der Waals surface area contributed by atoms with Crippen LogP contribution in [0.25, 0.3) is 0 Å². The summed E-state index contributed by atoms with van der Waals surface area (Å²) in [5.41, 5.74) is -1.11. The van der Waals surface area contributed by atoms with Crippen molar-refractivity contribution in [3.63, 3.8) is 0 Å². The highest BCUT2D eigenvalue weighted by atomic mass is 16.3. The molecule has 0 aliphatic carbocycles. The topological polar surface area (TPSA) is 104 Å². The Morgan fingerprint density at radius 1 is 0.800 bits per heavy atom. The molecular formula is C9H20NO5+. The zero-order valence-corrected chi connectivity index (χ0v) is 8.71. The molecular weight excluding hydrogens is 202 g/mol. The Labute approximate surface area is 88.7 Å². The van der Waals surface area contributed by atoms with E-state index in [4.69, 9.17) is 25.5 Å². The van der Waals surface area contributed by atoms with Crippen LogP contribution in [0.2, 0.25) is 0 Å². The number of aliphatic hydroxyl groups excluding tert-OH is 5. The van der Waals surface area contributed by atoms with Gasteiger partial charge in [-0.3, -0.25) is 0 Å². The smallest absolute Gasteiger partial charge is 0.165 e. The van der Waals surface area contributed by atoms with E-state index >= 15 is 0 Å². The average molecular weight is 222 g/mol. The van der Waals surface area contributed by atoms with E-state index in [2.05, 4.69) is 0 Å².